The van der Waals surface area contributed by atoms with Crippen LogP contribution in [0.2, 0.25) is 0 Å². The van der Waals surface area contributed by atoms with Crippen molar-refractivity contribution in [2.75, 3.05) is 13.2 Å². The summed E-state index contributed by atoms with van der Waals surface area (Å²) in [4.78, 5) is 16.8. The van der Waals surface area contributed by atoms with Gasteiger partial charge in [0.05, 0.1) is 5.57 Å². The molecule has 8 heteroatoms. The molecule has 0 bridgehead atoms. The van der Waals surface area contributed by atoms with E-state index in [-0.39, 0.29) is 17.3 Å². The molecule has 1 amide bonds. The minimum atomic E-state index is -0.451. The number of amides is 1. The van der Waals surface area contributed by atoms with E-state index in [0.29, 0.717) is 35.6 Å². The van der Waals surface area contributed by atoms with Crippen LogP contribution in [0.1, 0.15) is 51.2 Å². The maximum Gasteiger partial charge on any atom is 0.283 e. The number of rotatable bonds is 9. The van der Waals surface area contributed by atoms with Gasteiger partial charge < -0.3 is 9.47 Å². The van der Waals surface area contributed by atoms with E-state index >= 15 is 0 Å². The number of hydrazone groups is 1. The molecule has 0 aliphatic carbocycles. The molecule has 35 heavy (non-hydrogen) atoms. The van der Waals surface area contributed by atoms with Crippen LogP contribution in [0.15, 0.2) is 64.2 Å². The summed E-state index contributed by atoms with van der Waals surface area (Å²) in [6.45, 7) is 9.15. The van der Waals surface area contributed by atoms with Crippen molar-refractivity contribution in [3.8, 4) is 11.5 Å². The van der Waals surface area contributed by atoms with Crippen LogP contribution in [0.3, 0.4) is 0 Å². The topological polar surface area (TPSA) is 87.3 Å². The number of aliphatic imine (C=N–C) groups is 1. The van der Waals surface area contributed by atoms with Gasteiger partial charge in [-0.25, -0.2) is 0 Å². The number of carbonyl (C=O) groups is 1. The van der Waals surface area contributed by atoms with Gasteiger partial charge in [0.1, 0.15) is 29.8 Å². The largest absolute Gasteiger partial charge is 0.490 e. The minimum absolute atomic E-state index is 0.0159. The Morgan fingerprint density at radius 3 is 2.49 bits per heavy atom. The number of thioether (sulfide) groups is 1. The zero-order chi connectivity index (χ0) is 24.9. The number of ether oxygens (including phenoxy) is 2. The fraction of sp³-hybridized carbons (Fsp3) is 0.333. The predicted molar refractivity (Wildman–Crippen MR) is 142 cm³/mol. The van der Waals surface area contributed by atoms with E-state index in [1.807, 2.05) is 50.2 Å². The Kier molecular flexibility index (Phi) is 7.70. The highest BCUT2D eigenvalue weighted by molar-refractivity contribution is 8.27. The summed E-state index contributed by atoms with van der Waals surface area (Å²) in [6.07, 6.45) is 2.74. The third-order valence-electron chi connectivity index (χ3n) is 5.85. The first kappa shape index (κ1) is 24.7. The van der Waals surface area contributed by atoms with Gasteiger partial charge in [-0.1, -0.05) is 58.0 Å². The van der Waals surface area contributed by atoms with E-state index in [4.69, 9.17) is 14.9 Å². The van der Waals surface area contributed by atoms with Crippen molar-refractivity contribution in [1.82, 2.24) is 5.01 Å². The summed E-state index contributed by atoms with van der Waals surface area (Å²) >= 11 is 1.33. The van der Waals surface area contributed by atoms with Gasteiger partial charge in [-0.15, -0.1) is 0 Å². The fourth-order valence-electron chi connectivity index (χ4n) is 3.57. The van der Waals surface area contributed by atoms with Crippen molar-refractivity contribution in [3.63, 3.8) is 0 Å². The van der Waals surface area contributed by atoms with Crippen LogP contribution < -0.4 is 9.47 Å². The van der Waals surface area contributed by atoms with Gasteiger partial charge in [-0.2, -0.15) is 15.1 Å². The van der Waals surface area contributed by atoms with E-state index in [1.165, 1.54) is 22.3 Å². The summed E-state index contributed by atoms with van der Waals surface area (Å²) < 4.78 is 11.8. The van der Waals surface area contributed by atoms with E-state index in [2.05, 4.69) is 36.1 Å². The molecule has 2 aliphatic heterocycles. The lowest BCUT2D eigenvalue weighted by Crippen LogP contribution is -2.35. The highest BCUT2D eigenvalue weighted by Gasteiger charge is 2.36. The Bertz CT molecular complexity index is 1200. The van der Waals surface area contributed by atoms with Gasteiger partial charge in [0.2, 0.25) is 5.17 Å². The number of hydrogen-bond acceptors (Lipinski definition) is 6. The average Bonchev–Trinajstić information content (AvgIpc) is 3.29. The number of fused-ring (bicyclic) bond motifs is 1. The molecule has 1 unspecified atom stereocenters. The Labute approximate surface area is 210 Å². The van der Waals surface area contributed by atoms with Crippen molar-refractivity contribution in [3.05, 3.63) is 65.2 Å². The van der Waals surface area contributed by atoms with Crippen molar-refractivity contribution in [1.29, 1.82) is 5.41 Å². The molecule has 182 valence electrons. The van der Waals surface area contributed by atoms with Crippen LogP contribution >= 0.6 is 11.8 Å². The van der Waals surface area contributed by atoms with Gasteiger partial charge >= 0.3 is 0 Å². The summed E-state index contributed by atoms with van der Waals surface area (Å²) in [5.74, 6) is 1.69. The standard InChI is InChI=1S/C27H30N4O3S/c1-5-18(4)19-10-12-21(13-11-19)33-14-15-34-23-9-7-6-8-20(23)16-22-24(28)31-27(29-25(22)32)35-26(30-31)17(2)3/h6-13,16-18,28H,5,14-15H2,1-4H3/b22-16-,28-24?. The van der Waals surface area contributed by atoms with Gasteiger partial charge in [0.15, 0.2) is 5.84 Å². The van der Waals surface area contributed by atoms with E-state index < -0.39 is 5.91 Å². The van der Waals surface area contributed by atoms with Gasteiger partial charge in [0.25, 0.3) is 5.91 Å². The lowest BCUT2D eigenvalue weighted by molar-refractivity contribution is -0.114. The number of hydrogen-bond donors (Lipinski definition) is 1. The first-order valence-corrected chi connectivity index (χ1v) is 12.6. The van der Waals surface area contributed by atoms with Crippen molar-refractivity contribution in [2.24, 2.45) is 16.0 Å². The fourth-order valence-corrected chi connectivity index (χ4v) is 4.46. The Morgan fingerprint density at radius 1 is 1.06 bits per heavy atom. The number of benzene rings is 2. The molecular weight excluding hydrogens is 460 g/mol. The summed E-state index contributed by atoms with van der Waals surface area (Å²) in [5, 5.41) is 15.7. The smallest absolute Gasteiger partial charge is 0.283 e. The molecule has 2 aliphatic rings. The van der Waals surface area contributed by atoms with Crippen molar-refractivity contribution >= 4 is 39.8 Å². The third kappa shape index (κ3) is 5.65. The molecule has 2 heterocycles. The van der Waals surface area contributed by atoms with Crippen molar-refractivity contribution in [2.45, 2.75) is 40.0 Å². The summed E-state index contributed by atoms with van der Waals surface area (Å²) in [7, 11) is 0. The summed E-state index contributed by atoms with van der Waals surface area (Å²) in [5.41, 5.74) is 2.17. The third-order valence-corrected chi connectivity index (χ3v) is 7.06. The molecule has 0 saturated carbocycles. The van der Waals surface area contributed by atoms with Crippen LogP contribution in [-0.4, -0.2) is 40.2 Å². The van der Waals surface area contributed by atoms with Gasteiger partial charge in [-0.3, -0.25) is 10.2 Å². The lowest BCUT2D eigenvalue weighted by atomic mass is 9.99. The van der Waals surface area contributed by atoms with Crippen LogP contribution in [0.5, 0.6) is 11.5 Å². The zero-order valence-corrected chi connectivity index (χ0v) is 21.3. The zero-order valence-electron chi connectivity index (χ0n) is 20.4. The molecule has 4 rings (SSSR count). The molecule has 0 spiro atoms. The van der Waals surface area contributed by atoms with Crippen LogP contribution in [0.4, 0.5) is 0 Å². The second-order valence-electron chi connectivity index (χ2n) is 8.73. The Balaban J connectivity index is 1.41. The molecule has 0 saturated heterocycles. The molecule has 1 N–H and O–H groups in total. The predicted octanol–water partition coefficient (Wildman–Crippen LogP) is 5.93. The maximum absolute atomic E-state index is 12.7. The molecule has 7 nitrogen and oxygen atoms in total. The molecule has 1 atom stereocenters. The monoisotopic (exact) mass is 490 g/mol. The number of nitrogens with zero attached hydrogens (tertiary/aromatic N) is 3. The van der Waals surface area contributed by atoms with Crippen LogP contribution in [0.25, 0.3) is 6.08 Å². The molecule has 0 radical (unpaired) electrons. The Morgan fingerprint density at radius 2 is 1.77 bits per heavy atom. The number of para-hydroxylation sites is 1. The number of amidine groups is 2. The molecular formula is C27H30N4O3S. The quantitative estimate of drug-likeness (QED) is 0.348. The first-order valence-electron chi connectivity index (χ1n) is 11.8. The van der Waals surface area contributed by atoms with E-state index in [0.717, 1.165) is 17.2 Å². The maximum atomic E-state index is 12.7. The van der Waals surface area contributed by atoms with E-state index in [9.17, 15) is 4.79 Å². The van der Waals surface area contributed by atoms with E-state index in [1.54, 1.807) is 6.08 Å². The van der Waals surface area contributed by atoms with Gasteiger partial charge in [-0.05, 0) is 53.9 Å². The second-order valence-corrected chi connectivity index (χ2v) is 9.71. The molecule has 0 aromatic heterocycles. The molecule has 0 fully saturated rings. The lowest BCUT2D eigenvalue weighted by Gasteiger charge is -2.20. The normalized spacial score (nSPS) is 17.4. The highest BCUT2D eigenvalue weighted by Crippen LogP contribution is 2.31. The SMILES string of the molecule is CCC(C)c1ccc(OCCOc2ccccc2/C=C2/C(=N)N3N=C(C(C)C)SC3=NC2=O)cc1. The highest BCUT2D eigenvalue weighted by atomic mass is 32.2. The molecule has 2 aromatic rings. The van der Waals surface area contributed by atoms with Crippen LogP contribution in [0, 0.1) is 11.3 Å². The van der Waals surface area contributed by atoms with Gasteiger partial charge in [0, 0.05) is 11.5 Å². The summed E-state index contributed by atoms with van der Waals surface area (Å²) in [6, 6.07) is 15.6. The van der Waals surface area contributed by atoms with Crippen molar-refractivity contribution < 1.29 is 14.3 Å². The number of carbonyl (C=O) groups excluding carboxylic acids is 1. The molecule has 2 aromatic carbocycles. The average molecular weight is 491 g/mol. The first-order chi connectivity index (χ1) is 16.9. The van der Waals surface area contributed by atoms with Crippen LogP contribution in [-0.2, 0) is 4.79 Å². The Hall–Kier alpha value is -3.39. The number of nitrogens with one attached hydrogen (secondary N) is 1. The second kappa shape index (κ2) is 10.9. The minimum Gasteiger partial charge on any atom is -0.490 e.